The molecule has 3 aromatic rings. The number of aromatic nitrogens is 2. The van der Waals surface area contributed by atoms with Crippen molar-refractivity contribution in [2.45, 2.75) is 13.3 Å². The van der Waals surface area contributed by atoms with E-state index in [-0.39, 0.29) is 5.75 Å². The molecular weight excluding hydrogens is 385 g/mol. The largest absolute Gasteiger partial charge is 0.573 e. The summed E-state index contributed by atoms with van der Waals surface area (Å²) < 4.78 is 48.5. The lowest BCUT2D eigenvalue weighted by atomic mass is 10.0. The summed E-state index contributed by atoms with van der Waals surface area (Å²) in [4.78, 5) is 11.2. The molecule has 29 heavy (non-hydrogen) atoms. The summed E-state index contributed by atoms with van der Waals surface area (Å²) in [7, 11) is 1.28. The summed E-state index contributed by atoms with van der Waals surface area (Å²) in [6.07, 6.45) is -2.01. The van der Waals surface area contributed by atoms with Crippen molar-refractivity contribution >= 4 is 12.0 Å². The Kier molecular flexibility index (Phi) is 5.72. The van der Waals surface area contributed by atoms with Crippen molar-refractivity contribution < 1.29 is 27.4 Å². The molecule has 0 saturated carbocycles. The highest BCUT2D eigenvalue weighted by Gasteiger charge is 2.32. The summed E-state index contributed by atoms with van der Waals surface area (Å²) in [5, 5.41) is 4.41. The molecule has 1 heterocycles. The summed E-state index contributed by atoms with van der Waals surface area (Å²) in [5.74, 6) is -0.781. The normalized spacial score (nSPS) is 11.6. The van der Waals surface area contributed by atoms with Gasteiger partial charge in [-0.1, -0.05) is 30.3 Å². The minimum absolute atomic E-state index is 0.281. The predicted molar refractivity (Wildman–Crippen MR) is 101 cm³/mol. The van der Waals surface area contributed by atoms with Crippen LogP contribution in [0.2, 0.25) is 0 Å². The average Bonchev–Trinajstić information content (AvgIpc) is 3.06. The first kappa shape index (κ1) is 20.2. The molecule has 0 aliphatic rings. The van der Waals surface area contributed by atoms with Crippen molar-refractivity contribution in [2.75, 3.05) is 7.11 Å². The Morgan fingerprint density at radius 2 is 1.86 bits per heavy atom. The summed E-state index contributed by atoms with van der Waals surface area (Å²) in [6.45, 7) is 1.83. The first-order valence-electron chi connectivity index (χ1n) is 8.55. The number of halogens is 3. The van der Waals surface area contributed by atoms with Crippen LogP contribution in [0.1, 0.15) is 11.4 Å². The fourth-order valence-corrected chi connectivity index (χ4v) is 2.79. The Labute approximate surface area is 165 Å². The molecule has 0 aliphatic heterocycles. The van der Waals surface area contributed by atoms with E-state index < -0.39 is 12.3 Å². The molecule has 0 spiro atoms. The van der Waals surface area contributed by atoms with Crippen LogP contribution in [-0.4, -0.2) is 29.2 Å². The number of benzene rings is 2. The van der Waals surface area contributed by atoms with Crippen LogP contribution in [0.3, 0.4) is 0 Å². The monoisotopic (exact) mass is 402 g/mol. The van der Waals surface area contributed by atoms with Crippen molar-refractivity contribution in [3.05, 3.63) is 72.1 Å². The summed E-state index contributed by atoms with van der Waals surface area (Å²) in [6, 6.07) is 14.6. The second-order valence-corrected chi connectivity index (χ2v) is 6.07. The first-order chi connectivity index (χ1) is 13.8. The van der Waals surface area contributed by atoms with Gasteiger partial charge in [0, 0.05) is 17.3 Å². The number of esters is 1. The topological polar surface area (TPSA) is 53.4 Å². The Morgan fingerprint density at radius 3 is 2.59 bits per heavy atom. The SMILES string of the molecule is COC(=O)C=Cc1cc(C)n(-c2cccc(-c3ccccc3OC(F)(F)F)c2)n1. The van der Waals surface area contributed by atoms with Crippen LogP contribution in [0.15, 0.2) is 60.7 Å². The maximum atomic E-state index is 12.7. The molecule has 5 nitrogen and oxygen atoms in total. The van der Waals surface area contributed by atoms with Crippen LogP contribution in [0.5, 0.6) is 5.75 Å². The third-order valence-electron chi connectivity index (χ3n) is 4.01. The van der Waals surface area contributed by atoms with E-state index in [1.807, 2.05) is 6.92 Å². The first-order valence-corrected chi connectivity index (χ1v) is 8.55. The van der Waals surface area contributed by atoms with Crippen LogP contribution >= 0.6 is 0 Å². The quantitative estimate of drug-likeness (QED) is 0.448. The molecule has 1 aromatic heterocycles. The van der Waals surface area contributed by atoms with Gasteiger partial charge < -0.3 is 9.47 Å². The Bertz CT molecular complexity index is 1060. The van der Waals surface area contributed by atoms with E-state index in [9.17, 15) is 18.0 Å². The van der Waals surface area contributed by atoms with Gasteiger partial charge in [-0.3, -0.25) is 0 Å². The van der Waals surface area contributed by atoms with Crippen molar-refractivity contribution in [1.29, 1.82) is 0 Å². The van der Waals surface area contributed by atoms with Crippen LogP contribution in [0.25, 0.3) is 22.9 Å². The van der Waals surface area contributed by atoms with E-state index in [1.165, 1.54) is 31.4 Å². The second-order valence-electron chi connectivity index (χ2n) is 6.07. The summed E-state index contributed by atoms with van der Waals surface area (Å²) in [5.41, 5.74) is 2.83. The van der Waals surface area contributed by atoms with Crippen molar-refractivity contribution in [1.82, 2.24) is 9.78 Å². The highest BCUT2D eigenvalue weighted by Crippen LogP contribution is 2.34. The lowest BCUT2D eigenvalue weighted by molar-refractivity contribution is -0.274. The molecule has 0 atom stereocenters. The Hall–Kier alpha value is -3.55. The third kappa shape index (κ3) is 5.04. The van der Waals surface area contributed by atoms with Crippen LogP contribution in [0.4, 0.5) is 13.2 Å². The van der Waals surface area contributed by atoms with E-state index in [4.69, 9.17) is 0 Å². The zero-order valence-corrected chi connectivity index (χ0v) is 15.6. The van der Waals surface area contributed by atoms with E-state index in [1.54, 1.807) is 47.1 Å². The Morgan fingerprint density at radius 1 is 1.10 bits per heavy atom. The predicted octanol–water partition coefficient (Wildman–Crippen LogP) is 4.93. The maximum absolute atomic E-state index is 12.7. The smallest absolute Gasteiger partial charge is 0.466 e. The van der Waals surface area contributed by atoms with Gasteiger partial charge in [0.2, 0.25) is 0 Å². The van der Waals surface area contributed by atoms with Crippen LogP contribution in [-0.2, 0) is 9.53 Å². The molecule has 0 fully saturated rings. The van der Waals surface area contributed by atoms with E-state index in [0.717, 1.165) is 5.69 Å². The summed E-state index contributed by atoms with van der Waals surface area (Å²) >= 11 is 0. The molecule has 0 N–H and O–H groups in total. The minimum Gasteiger partial charge on any atom is -0.466 e. The lowest BCUT2D eigenvalue weighted by Gasteiger charge is -2.14. The van der Waals surface area contributed by atoms with E-state index >= 15 is 0 Å². The molecular formula is C21H17F3N2O3. The number of hydrogen-bond donors (Lipinski definition) is 0. The molecule has 3 rings (SSSR count). The number of methoxy groups -OCH3 is 1. The number of carbonyl (C=O) groups excluding carboxylic acids is 1. The molecule has 0 unspecified atom stereocenters. The number of para-hydroxylation sites is 1. The van der Waals surface area contributed by atoms with Gasteiger partial charge in [-0.25, -0.2) is 9.48 Å². The molecule has 0 radical (unpaired) electrons. The minimum atomic E-state index is -4.78. The maximum Gasteiger partial charge on any atom is 0.573 e. The van der Waals surface area contributed by atoms with Crippen molar-refractivity contribution in [3.63, 3.8) is 0 Å². The number of rotatable bonds is 5. The fourth-order valence-electron chi connectivity index (χ4n) is 2.79. The number of aryl methyl sites for hydroxylation is 1. The van der Waals surface area contributed by atoms with Crippen molar-refractivity contribution in [3.8, 4) is 22.6 Å². The van der Waals surface area contributed by atoms with E-state index in [2.05, 4.69) is 14.6 Å². The van der Waals surface area contributed by atoms with Crippen molar-refractivity contribution in [2.24, 2.45) is 0 Å². The highest BCUT2D eigenvalue weighted by atomic mass is 19.4. The Balaban J connectivity index is 1.97. The van der Waals surface area contributed by atoms with E-state index in [0.29, 0.717) is 22.5 Å². The number of carbonyl (C=O) groups is 1. The third-order valence-corrected chi connectivity index (χ3v) is 4.01. The zero-order chi connectivity index (χ0) is 21.0. The van der Waals surface area contributed by atoms with Gasteiger partial charge in [0.15, 0.2) is 0 Å². The molecule has 0 bridgehead atoms. The van der Waals surface area contributed by atoms with Gasteiger partial charge in [0.25, 0.3) is 0 Å². The lowest BCUT2D eigenvalue weighted by Crippen LogP contribution is -2.17. The van der Waals surface area contributed by atoms with Gasteiger partial charge >= 0.3 is 12.3 Å². The van der Waals surface area contributed by atoms with Crippen LogP contribution in [0, 0.1) is 6.92 Å². The highest BCUT2D eigenvalue weighted by molar-refractivity contribution is 5.86. The van der Waals surface area contributed by atoms with Crippen LogP contribution < -0.4 is 4.74 Å². The molecule has 0 aliphatic carbocycles. The van der Waals surface area contributed by atoms with Gasteiger partial charge in [0.1, 0.15) is 5.75 Å². The number of hydrogen-bond acceptors (Lipinski definition) is 4. The standard InChI is InChI=1S/C21H17F3N2O3/c1-14-12-16(10-11-20(27)28-2)25-26(14)17-7-5-6-15(13-17)18-8-3-4-9-19(18)29-21(22,23)24/h3-13H,1-2H3. The molecule has 150 valence electrons. The molecule has 0 saturated heterocycles. The number of ether oxygens (including phenoxy) is 2. The van der Waals surface area contributed by atoms with Gasteiger partial charge in [-0.05, 0) is 42.8 Å². The van der Waals surface area contributed by atoms with Gasteiger partial charge in [-0.15, -0.1) is 13.2 Å². The zero-order valence-electron chi connectivity index (χ0n) is 15.6. The fraction of sp³-hybridized carbons (Fsp3) is 0.143. The molecule has 8 heteroatoms. The molecule has 2 aromatic carbocycles. The van der Waals surface area contributed by atoms with Gasteiger partial charge in [0.05, 0.1) is 18.5 Å². The molecule has 0 amide bonds. The average molecular weight is 402 g/mol. The number of nitrogens with zero attached hydrogens (tertiary/aromatic N) is 2. The van der Waals surface area contributed by atoms with Gasteiger partial charge in [-0.2, -0.15) is 5.10 Å². The number of alkyl halides is 3. The second kappa shape index (κ2) is 8.22.